The van der Waals surface area contributed by atoms with Crippen molar-refractivity contribution in [1.82, 2.24) is 0 Å². The van der Waals surface area contributed by atoms with Crippen molar-refractivity contribution in [2.75, 3.05) is 0 Å². The molecule has 97 valence electrons. The molecule has 0 aliphatic carbocycles. The average molecular weight is 956 g/mol. The largest absolute Gasteiger partial charge is 0.343 e. The third-order valence-electron chi connectivity index (χ3n) is 0.750. The molecule has 0 saturated carbocycles. The minimum Gasteiger partial charge on any atom is -0.343 e. The first-order chi connectivity index (χ1) is 4.56. The molecule has 0 saturated heterocycles. The Morgan fingerprint density at radius 1 is 0.550 bits per heavy atom. The van der Waals surface area contributed by atoms with Crippen LogP contribution in [0, 0.1) is 24.7 Å². The summed E-state index contributed by atoms with van der Waals surface area (Å²) in [7, 11) is 0. The summed E-state index contributed by atoms with van der Waals surface area (Å²) in [5, 5.41) is 0. The molecular formula is C11H24Y9-2. The van der Waals surface area contributed by atoms with Gasteiger partial charge in [0.15, 0.2) is 0 Å². The van der Waals surface area contributed by atoms with E-state index in [0.29, 0.717) is 5.41 Å². The molecule has 0 unspecified atom stereocenters. The third-order valence-corrected chi connectivity index (χ3v) is 0.750. The molecule has 0 aliphatic rings. The Balaban J connectivity index is -0.00000000624. The van der Waals surface area contributed by atoms with Crippen LogP contribution >= 0.6 is 0 Å². The number of hydrogen-bond donors (Lipinski definition) is 0. The van der Waals surface area contributed by atoms with Gasteiger partial charge in [0, 0.05) is 294 Å². The van der Waals surface area contributed by atoms with Gasteiger partial charge in [-0.1, -0.05) is 47.0 Å². The molecule has 0 aliphatic heterocycles. The second-order valence-corrected chi connectivity index (χ2v) is 5.37. The van der Waals surface area contributed by atoms with E-state index in [-0.39, 0.29) is 300 Å². The van der Waals surface area contributed by atoms with E-state index in [1.54, 1.807) is 0 Å². The Hall–Kier alpha value is 9.94. The maximum absolute atomic E-state index is 3.77. The zero-order valence-electron chi connectivity index (χ0n) is 14.3. The summed E-state index contributed by atoms with van der Waals surface area (Å²) in [6, 6.07) is 0. The van der Waals surface area contributed by atoms with Crippen LogP contribution in [0.4, 0.5) is 0 Å². The summed E-state index contributed by atoms with van der Waals surface area (Å²) in [5.41, 5.74) is 0.681. The van der Waals surface area contributed by atoms with Gasteiger partial charge in [-0.3, -0.25) is 0 Å². The average Bonchev–Trinajstić information content (AvgIpc) is 1.59. The van der Waals surface area contributed by atoms with Gasteiger partial charge in [-0.15, -0.1) is 0 Å². The van der Waals surface area contributed by atoms with Crippen LogP contribution in [-0.2, 0) is 294 Å². The molecule has 0 aromatic heterocycles. The van der Waals surface area contributed by atoms with Gasteiger partial charge in [0.1, 0.15) is 0 Å². The molecule has 0 atom stereocenters. The fourth-order valence-electron chi connectivity index (χ4n) is 0. The van der Waals surface area contributed by atoms with E-state index < -0.39 is 0 Å². The van der Waals surface area contributed by atoms with Crippen molar-refractivity contribution in [3.05, 3.63) is 13.8 Å². The van der Waals surface area contributed by atoms with E-state index in [1.165, 1.54) is 0 Å². The van der Waals surface area contributed by atoms with E-state index in [0.717, 1.165) is 6.42 Å². The molecule has 0 amide bonds. The SMILES string of the molecule is [CH2-]C(C)(C)C.[CH2-]CC(C)(C)C.[Y].[Y].[Y].[Y].[Y].[Y].[Y].[Y].[Y]. The molecule has 0 fully saturated rings. The first-order valence-electron chi connectivity index (χ1n) is 4.21. The van der Waals surface area contributed by atoms with Gasteiger partial charge >= 0.3 is 0 Å². The molecular weight excluding hydrogens is 932 g/mol. The molecule has 0 nitrogen and oxygen atoms in total. The van der Waals surface area contributed by atoms with Crippen LogP contribution in [0.1, 0.15) is 48.0 Å². The fraction of sp³-hybridized carbons (Fsp3) is 0.818. The molecule has 0 bridgehead atoms. The maximum atomic E-state index is 3.77. The topological polar surface area (TPSA) is 0 Å². The predicted molar refractivity (Wildman–Crippen MR) is 54.2 cm³/mol. The van der Waals surface area contributed by atoms with Gasteiger partial charge in [0.05, 0.1) is 0 Å². The zero-order valence-corrected chi connectivity index (χ0v) is 39.9. The van der Waals surface area contributed by atoms with Crippen LogP contribution < -0.4 is 0 Å². The maximum Gasteiger partial charge on any atom is 0 e. The quantitative estimate of drug-likeness (QED) is 0.322. The fourth-order valence-corrected chi connectivity index (χ4v) is 0. The monoisotopic (exact) mass is 956 g/mol. The number of hydrogen-bond acceptors (Lipinski definition) is 0. The van der Waals surface area contributed by atoms with Gasteiger partial charge in [0.2, 0.25) is 0 Å². The van der Waals surface area contributed by atoms with Gasteiger partial charge in [-0.2, -0.15) is 11.8 Å². The smallest absolute Gasteiger partial charge is 0 e. The van der Waals surface area contributed by atoms with E-state index >= 15 is 0 Å². The van der Waals surface area contributed by atoms with Crippen LogP contribution in [0.25, 0.3) is 0 Å². The first kappa shape index (κ1) is 69.9. The molecule has 0 rings (SSSR count). The van der Waals surface area contributed by atoms with Crippen molar-refractivity contribution in [1.29, 1.82) is 0 Å². The van der Waals surface area contributed by atoms with Crippen molar-refractivity contribution in [3.63, 3.8) is 0 Å². The molecule has 0 N–H and O–H groups in total. The summed E-state index contributed by atoms with van der Waals surface area (Å²) >= 11 is 0. The predicted octanol–water partition coefficient (Wildman–Crippen LogP) is 4.10. The Morgan fingerprint density at radius 3 is 0.600 bits per heavy atom. The van der Waals surface area contributed by atoms with Crippen molar-refractivity contribution in [3.8, 4) is 0 Å². The van der Waals surface area contributed by atoms with E-state index in [9.17, 15) is 0 Å². The molecule has 9 heteroatoms. The molecule has 0 aromatic carbocycles. The molecule has 0 heterocycles. The van der Waals surface area contributed by atoms with Crippen LogP contribution in [0.3, 0.4) is 0 Å². The summed E-state index contributed by atoms with van der Waals surface area (Å²) in [6.07, 6.45) is 1.02. The number of rotatable bonds is 0. The van der Waals surface area contributed by atoms with Crippen LogP contribution in [-0.4, -0.2) is 0 Å². The van der Waals surface area contributed by atoms with Gasteiger partial charge < -0.3 is 13.8 Å². The Bertz CT molecular complexity index is 91.0. The minimum absolute atomic E-state index is 0. The van der Waals surface area contributed by atoms with E-state index in [4.69, 9.17) is 0 Å². The standard InChI is InChI=1S/C6H13.C5H11.9Y/c1-5-6(2,3)4;1-5(2,3)4;;;;;;;;;/h1,5H2,2-4H3;1H2,2-4H3;;;;;;;;;/q2*-1;;;;;;;;;. The Kier molecular flexibility index (Phi) is 150. The Labute approximate surface area is 356 Å². The zero-order chi connectivity index (χ0) is 9.71. The third kappa shape index (κ3) is 121. The first-order valence-corrected chi connectivity index (χ1v) is 4.21. The van der Waals surface area contributed by atoms with Gasteiger partial charge in [0.25, 0.3) is 0 Å². The summed E-state index contributed by atoms with van der Waals surface area (Å²) in [4.78, 5) is 0. The summed E-state index contributed by atoms with van der Waals surface area (Å²) < 4.78 is 0. The van der Waals surface area contributed by atoms with E-state index in [2.05, 4.69) is 55.4 Å². The van der Waals surface area contributed by atoms with Crippen LogP contribution in [0.2, 0.25) is 0 Å². The molecule has 0 spiro atoms. The van der Waals surface area contributed by atoms with Crippen molar-refractivity contribution in [2.24, 2.45) is 10.8 Å². The second-order valence-electron chi connectivity index (χ2n) is 5.37. The van der Waals surface area contributed by atoms with Crippen LogP contribution in [0.15, 0.2) is 0 Å². The second kappa shape index (κ2) is 42.9. The summed E-state index contributed by atoms with van der Waals surface area (Å²) in [5.74, 6) is 0. The van der Waals surface area contributed by atoms with Crippen molar-refractivity contribution >= 4 is 0 Å². The molecule has 0 aromatic rings. The normalized spacial score (nSPS) is 6.60. The summed E-state index contributed by atoms with van der Waals surface area (Å²) in [6.45, 7) is 20.3. The van der Waals surface area contributed by atoms with Crippen LogP contribution in [0.5, 0.6) is 0 Å². The van der Waals surface area contributed by atoms with Crippen molar-refractivity contribution in [2.45, 2.75) is 48.0 Å². The van der Waals surface area contributed by atoms with Crippen molar-refractivity contribution < 1.29 is 294 Å². The van der Waals surface area contributed by atoms with E-state index in [1.807, 2.05) is 0 Å². The molecule has 20 heavy (non-hydrogen) atoms. The van der Waals surface area contributed by atoms with Gasteiger partial charge in [-0.25, -0.2) is 0 Å². The van der Waals surface area contributed by atoms with Gasteiger partial charge in [-0.05, 0) is 0 Å². The Morgan fingerprint density at radius 2 is 0.600 bits per heavy atom. The minimum atomic E-state index is 0. The molecule has 9 radical (unpaired) electrons.